The molecule has 1 aliphatic rings. The first-order valence-electron chi connectivity index (χ1n) is 8.31. The molecule has 0 fully saturated rings. The quantitative estimate of drug-likeness (QED) is 0.735. The van der Waals surface area contributed by atoms with Crippen LogP contribution in [0.2, 0.25) is 10.0 Å². The Labute approximate surface area is 162 Å². The summed E-state index contributed by atoms with van der Waals surface area (Å²) in [5.74, 6) is 1.78. The van der Waals surface area contributed by atoms with Gasteiger partial charge in [-0.3, -0.25) is 4.79 Å². The number of amides is 1. The number of carbonyl (C=O) groups excluding carboxylic acids is 1. The van der Waals surface area contributed by atoms with Crippen LogP contribution in [0.3, 0.4) is 0 Å². The highest BCUT2D eigenvalue weighted by molar-refractivity contribution is 6.42. The molecule has 26 heavy (non-hydrogen) atoms. The van der Waals surface area contributed by atoms with E-state index in [-0.39, 0.29) is 12.5 Å². The van der Waals surface area contributed by atoms with Crippen molar-refractivity contribution in [2.75, 3.05) is 26.4 Å². The van der Waals surface area contributed by atoms with Crippen LogP contribution in [0.4, 0.5) is 0 Å². The van der Waals surface area contributed by atoms with Gasteiger partial charge in [-0.1, -0.05) is 35.3 Å². The normalized spacial score (nSPS) is 12.6. The smallest absolute Gasteiger partial charge is 0.260 e. The van der Waals surface area contributed by atoms with Gasteiger partial charge in [0.1, 0.15) is 19.0 Å². The number of rotatable bonds is 6. The molecule has 0 unspecified atom stereocenters. The molecule has 0 N–H and O–H groups in total. The monoisotopic (exact) mass is 395 g/mol. The lowest BCUT2D eigenvalue weighted by Crippen LogP contribution is -2.34. The Bertz CT molecular complexity index is 797. The van der Waals surface area contributed by atoms with E-state index in [1.165, 1.54) is 0 Å². The predicted molar refractivity (Wildman–Crippen MR) is 100 cm³/mol. The molecule has 1 heterocycles. The third-order valence-electron chi connectivity index (χ3n) is 4.00. The number of para-hydroxylation sites is 1. The topological polar surface area (TPSA) is 48.0 Å². The van der Waals surface area contributed by atoms with Crippen LogP contribution in [0, 0.1) is 0 Å². The number of benzene rings is 2. The van der Waals surface area contributed by atoms with Crippen molar-refractivity contribution in [2.24, 2.45) is 0 Å². The molecule has 1 amide bonds. The van der Waals surface area contributed by atoms with E-state index in [1.54, 1.807) is 23.1 Å². The Hall–Kier alpha value is -2.11. The van der Waals surface area contributed by atoms with Crippen molar-refractivity contribution in [1.29, 1.82) is 0 Å². The molecule has 5 nitrogen and oxygen atoms in total. The Balaban J connectivity index is 1.65. The first-order valence-corrected chi connectivity index (χ1v) is 9.07. The maximum Gasteiger partial charge on any atom is 0.260 e. The second-order valence-corrected chi connectivity index (χ2v) is 6.53. The lowest BCUT2D eigenvalue weighted by atomic mass is 10.1. The largest absolute Gasteiger partial charge is 0.486 e. The summed E-state index contributed by atoms with van der Waals surface area (Å²) in [6.45, 7) is 3.84. The molecule has 0 radical (unpaired) electrons. The summed E-state index contributed by atoms with van der Waals surface area (Å²) in [7, 11) is 0. The van der Waals surface area contributed by atoms with Crippen molar-refractivity contribution in [3.63, 3.8) is 0 Å². The fourth-order valence-corrected chi connectivity index (χ4v) is 2.93. The third kappa shape index (κ3) is 4.34. The van der Waals surface area contributed by atoms with Crippen LogP contribution in [-0.4, -0.2) is 37.2 Å². The Kier molecular flexibility index (Phi) is 6.12. The van der Waals surface area contributed by atoms with Gasteiger partial charge in [0, 0.05) is 24.7 Å². The zero-order chi connectivity index (χ0) is 18.5. The first-order chi connectivity index (χ1) is 12.6. The standard InChI is InChI=1S/C19H19Cl2NO4/c1-2-22(11-13-4-3-5-17-19(13)25-9-8-24-17)18(23)12-26-14-6-7-15(20)16(21)10-14/h3-7,10H,2,8-9,11-12H2,1H3. The minimum absolute atomic E-state index is 0.0851. The van der Waals surface area contributed by atoms with Crippen molar-refractivity contribution in [3.8, 4) is 17.2 Å². The lowest BCUT2D eigenvalue weighted by Gasteiger charge is -2.25. The van der Waals surface area contributed by atoms with Crippen molar-refractivity contribution in [3.05, 3.63) is 52.0 Å². The van der Waals surface area contributed by atoms with Gasteiger partial charge in [0.25, 0.3) is 5.91 Å². The van der Waals surface area contributed by atoms with Gasteiger partial charge in [0.05, 0.1) is 10.0 Å². The van der Waals surface area contributed by atoms with E-state index in [1.807, 2.05) is 25.1 Å². The number of fused-ring (bicyclic) bond motifs is 1. The molecule has 2 aromatic rings. The number of halogens is 2. The molecule has 0 bridgehead atoms. The molecule has 2 aromatic carbocycles. The van der Waals surface area contributed by atoms with Crippen molar-refractivity contribution >= 4 is 29.1 Å². The number of hydrogen-bond acceptors (Lipinski definition) is 4. The summed E-state index contributed by atoms with van der Waals surface area (Å²) in [5.41, 5.74) is 0.909. The highest BCUT2D eigenvalue weighted by atomic mass is 35.5. The van der Waals surface area contributed by atoms with Crippen LogP contribution in [-0.2, 0) is 11.3 Å². The van der Waals surface area contributed by atoms with Gasteiger partial charge in [0.15, 0.2) is 18.1 Å². The molecule has 0 aromatic heterocycles. The number of carbonyl (C=O) groups is 1. The molecular weight excluding hydrogens is 377 g/mol. The van der Waals surface area contributed by atoms with Crippen LogP contribution < -0.4 is 14.2 Å². The minimum Gasteiger partial charge on any atom is -0.486 e. The predicted octanol–water partition coefficient (Wildman–Crippen LogP) is 4.19. The van der Waals surface area contributed by atoms with E-state index < -0.39 is 0 Å². The lowest BCUT2D eigenvalue weighted by molar-refractivity contribution is -0.133. The Morgan fingerprint density at radius 1 is 1.15 bits per heavy atom. The van der Waals surface area contributed by atoms with Crippen LogP contribution in [0.25, 0.3) is 0 Å². The SMILES string of the molecule is CCN(Cc1cccc2c1OCCO2)C(=O)COc1ccc(Cl)c(Cl)c1. The zero-order valence-corrected chi connectivity index (χ0v) is 15.8. The fraction of sp³-hybridized carbons (Fsp3) is 0.316. The van der Waals surface area contributed by atoms with E-state index >= 15 is 0 Å². The molecule has 138 valence electrons. The summed E-state index contributed by atoms with van der Waals surface area (Å²) in [6.07, 6.45) is 0. The zero-order valence-electron chi connectivity index (χ0n) is 14.3. The Morgan fingerprint density at radius 3 is 2.73 bits per heavy atom. The molecule has 0 atom stereocenters. The van der Waals surface area contributed by atoms with Gasteiger partial charge in [-0.25, -0.2) is 0 Å². The minimum atomic E-state index is -0.132. The highest BCUT2D eigenvalue weighted by Gasteiger charge is 2.20. The van der Waals surface area contributed by atoms with Gasteiger partial charge < -0.3 is 19.1 Å². The Morgan fingerprint density at radius 2 is 1.96 bits per heavy atom. The molecule has 1 aliphatic heterocycles. The average molecular weight is 396 g/mol. The second kappa shape index (κ2) is 8.52. The second-order valence-electron chi connectivity index (χ2n) is 5.71. The number of hydrogen-bond donors (Lipinski definition) is 0. The van der Waals surface area contributed by atoms with Crippen LogP contribution in [0.1, 0.15) is 12.5 Å². The van der Waals surface area contributed by atoms with E-state index in [9.17, 15) is 4.79 Å². The summed E-state index contributed by atoms with van der Waals surface area (Å²) in [5, 5.41) is 0.827. The van der Waals surface area contributed by atoms with Gasteiger partial charge in [0.2, 0.25) is 0 Å². The van der Waals surface area contributed by atoms with Crippen LogP contribution in [0.5, 0.6) is 17.2 Å². The highest BCUT2D eigenvalue weighted by Crippen LogP contribution is 2.34. The summed E-state index contributed by atoms with van der Waals surface area (Å²) in [6, 6.07) is 10.6. The molecule has 3 rings (SSSR count). The van der Waals surface area contributed by atoms with Gasteiger partial charge in [-0.15, -0.1) is 0 Å². The van der Waals surface area contributed by atoms with E-state index in [0.717, 1.165) is 5.56 Å². The van der Waals surface area contributed by atoms with Crippen LogP contribution in [0.15, 0.2) is 36.4 Å². The average Bonchev–Trinajstić information content (AvgIpc) is 2.66. The maximum atomic E-state index is 12.5. The molecular formula is C19H19Cl2NO4. The summed E-state index contributed by atoms with van der Waals surface area (Å²) < 4.78 is 16.8. The number of ether oxygens (including phenoxy) is 3. The van der Waals surface area contributed by atoms with Gasteiger partial charge >= 0.3 is 0 Å². The van der Waals surface area contributed by atoms with Crippen LogP contribution >= 0.6 is 23.2 Å². The third-order valence-corrected chi connectivity index (χ3v) is 4.74. The molecule has 0 saturated carbocycles. The molecule has 0 aliphatic carbocycles. The van der Waals surface area contributed by atoms with Gasteiger partial charge in [-0.05, 0) is 25.1 Å². The number of nitrogens with zero attached hydrogens (tertiary/aromatic N) is 1. The molecule has 7 heteroatoms. The van der Waals surface area contributed by atoms with Crippen molar-refractivity contribution in [2.45, 2.75) is 13.5 Å². The summed E-state index contributed by atoms with van der Waals surface area (Å²) in [4.78, 5) is 14.2. The van der Waals surface area contributed by atoms with E-state index in [4.69, 9.17) is 37.4 Å². The van der Waals surface area contributed by atoms with Gasteiger partial charge in [-0.2, -0.15) is 0 Å². The van der Waals surface area contributed by atoms with Crippen molar-refractivity contribution < 1.29 is 19.0 Å². The number of likely N-dealkylation sites (N-methyl/N-ethyl adjacent to an activating group) is 1. The maximum absolute atomic E-state index is 12.5. The van der Waals surface area contributed by atoms with E-state index in [2.05, 4.69) is 0 Å². The van der Waals surface area contributed by atoms with E-state index in [0.29, 0.717) is 53.6 Å². The molecule has 0 saturated heterocycles. The fourth-order valence-electron chi connectivity index (χ4n) is 2.64. The summed E-state index contributed by atoms with van der Waals surface area (Å²) >= 11 is 11.8. The first kappa shape index (κ1) is 18.7. The molecule has 0 spiro atoms. The van der Waals surface area contributed by atoms with Crippen molar-refractivity contribution in [1.82, 2.24) is 4.90 Å².